The third-order valence-corrected chi connectivity index (χ3v) is 4.52. The van der Waals surface area contributed by atoms with Gasteiger partial charge >= 0.3 is 0 Å². The van der Waals surface area contributed by atoms with E-state index in [-0.39, 0.29) is 24.0 Å². The SMILES string of the molecule is CN=C(NCc1c(C)nn(C)c1C)N(C)Cc1ccc(Br)cc1.I. The average Bonchev–Trinajstić information content (AvgIpc) is 2.76. The largest absolute Gasteiger partial charge is 0.352 e. The second kappa shape index (κ2) is 9.41. The number of halogens is 2. The molecule has 24 heavy (non-hydrogen) atoms. The van der Waals surface area contributed by atoms with E-state index >= 15 is 0 Å². The molecule has 0 unspecified atom stereocenters. The van der Waals surface area contributed by atoms with Crippen LogP contribution >= 0.6 is 39.9 Å². The smallest absolute Gasteiger partial charge is 0.193 e. The number of rotatable bonds is 4. The van der Waals surface area contributed by atoms with Gasteiger partial charge in [-0.15, -0.1) is 24.0 Å². The maximum Gasteiger partial charge on any atom is 0.193 e. The van der Waals surface area contributed by atoms with E-state index in [4.69, 9.17) is 0 Å². The summed E-state index contributed by atoms with van der Waals surface area (Å²) in [5, 5.41) is 7.88. The molecule has 0 aliphatic heterocycles. The van der Waals surface area contributed by atoms with Crippen molar-refractivity contribution >= 4 is 45.9 Å². The van der Waals surface area contributed by atoms with Crippen LogP contribution in [-0.4, -0.2) is 34.7 Å². The molecule has 132 valence electrons. The van der Waals surface area contributed by atoms with E-state index in [1.807, 2.05) is 32.7 Å². The van der Waals surface area contributed by atoms with Crippen LogP contribution < -0.4 is 5.32 Å². The van der Waals surface area contributed by atoms with Crippen molar-refractivity contribution in [1.29, 1.82) is 0 Å². The summed E-state index contributed by atoms with van der Waals surface area (Å²) in [5.41, 5.74) is 4.71. The molecule has 0 spiro atoms. The summed E-state index contributed by atoms with van der Waals surface area (Å²) >= 11 is 3.46. The predicted octanol–water partition coefficient (Wildman–Crippen LogP) is 3.62. The molecule has 7 heteroatoms. The Morgan fingerprint density at radius 3 is 2.42 bits per heavy atom. The maximum atomic E-state index is 4.45. The monoisotopic (exact) mass is 505 g/mol. The lowest BCUT2D eigenvalue weighted by Gasteiger charge is -2.22. The first-order valence-corrected chi connectivity index (χ1v) is 8.37. The Balaban J connectivity index is 0.00000288. The minimum atomic E-state index is 0. The zero-order valence-electron chi connectivity index (χ0n) is 14.8. The lowest BCUT2D eigenvalue weighted by Crippen LogP contribution is -2.38. The molecule has 5 nitrogen and oxygen atoms in total. The first-order valence-electron chi connectivity index (χ1n) is 7.57. The van der Waals surface area contributed by atoms with Crippen LogP contribution in [0.1, 0.15) is 22.5 Å². The molecule has 2 aromatic rings. The highest BCUT2D eigenvalue weighted by molar-refractivity contribution is 14.0. The third-order valence-electron chi connectivity index (χ3n) is 3.99. The van der Waals surface area contributed by atoms with Gasteiger partial charge in [-0.3, -0.25) is 9.67 Å². The van der Waals surface area contributed by atoms with Gasteiger partial charge in [-0.25, -0.2) is 0 Å². The van der Waals surface area contributed by atoms with E-state index in [1.165, 1.54) is 16.8 Å². The van der Waals surface area contributed by atoms with Crippen molar-refractivity contribution in [3.05, 3.63) is 51.3 Å². The molecule has 0 saturated heterocycles. The van der Waals surface area contributed by atoms with Crippen LogP contribution in [0.4, 0.5) is 0 Å². The Labute approximate surface area is 169 Å². The van der Waals surface area contributed by atoms with E-state index < -0.39 is 0 Å². The van der Waals surface area contributed by atoms with E-state index in [2.05, 4.69) is 67.4 Å². The number of aromatic nitrogens is 2. The fourth-order valence-electron chi connectivity index (χ4n) is 2.56. The number of nitrogens with one attached hydrogen (secondary N) is 1. The van der Waals surface area contributed by atoms with Crippen LogP contribution in [0.2, 0.25) is 0 Å². The number of hydrogen-bond acceptors (Lipinski definition) is 2. The summed E-state index contributed by atoms with van der Waals surface area (Å²) in [4.78, 5) is 6.49. The van der Waals surface area contributed by atoms with E-state index in [0.717, 1.165) is 29.2 Å². The number of aliphatic imine (C=N–C) groups is 1. The van der Waals surface area contributed by atoms with Crippen molar-refractivity contribution in [3.63, 3.8) is 0 Å². The standard InChI is InChI=1S/C17H24BrN5.HI/c1-12-16(13(2)23(5)21-12)10-20-17(19-3)22(4)11-14-6-8-15(18)9-7-14;/h6-9H,10-11H2,1-5H3,(H,19,20);1H. The van der Waals surface area contributed by atoms with E-state index in [1.54, 1.807) is 0 Å². The Bertz CT molecular complexity index is 694. The molecule has 1 aromatic heterocycles. The van der Waals surface area contributed by atoms with E-state index in [9.17, 15) is 0 Å². The van der Waals surface area contributed by atoms with Crippen molar-refractivity contribution in [3.8, 4) is 0 Å². The molecule has 0 atom stereocenters. The number of hydrogen-bond donors (Lipinski definition) is 1. The first kappa shape index (κ1) is 21.0. The van der Waals surface area contributed by atoms with Crippen LogP contribution in [0.25, 0.3) is 0 Å². The topological polar surface area (TPSA) is 45.5 Å². The fourth-order valence-corrected chi connectivity index (χ4v) is 2.83. The molecule has 0 aliphatic carbocycles. The van der Waals surface area contributed by atoms with Crippen LogP contribution in [-0.2, 0) is 20.1 Å². The van der Waals surface area contributed by atoms with Gasteiger partial charge in [0.15, 0.2) is 5.96 Å². The van der Waals surface area contributed by atoms with Crippen molar-refractivity contribution in [2.75, 3.05) is 14.1 Å². The number of aryl methyl sites for hydroxylation is 2. The fraction of sp³-hybridized carbons (Fsp3) is 0.412. The lowest BCUT2D eigenvalue weighted by atomic mass is 10.2. The molecular weight excluding hydrogens is 481 g/mol. The van der Waals surface area contributed by atoms with Crippen LogP contribution in [0.15, 0.2) is 33.7 Å². The van der Waals surface area contributed by atoms with Gasteiger partial charge in [0.1, 0.15) is 0 Å². The highest BCUT2D eigenvalue weighted by Crippen LogP contribution is 2.13. The number of benzene rings is 1. The summed E-state index contributed by atoms with van der Waals surface area (Å²) in [7, 11) is 5.82. The summed E-state index contributed by atoms with van der Waals surface area (Å²) < 4.78 is 3.01. The minimum absolute atomic E-state index is 0. The summed E-state index contributed by atoms with van der Waals surface area (Å²) in [6.45, 7) is 5.66. The highest BCUT2D eigenvalue weighted by atomic mass is 127. The van der Waals surface area contributed by atoms with Gasteiger partial charge in [-0.1, -0.05) is 28.1 Å². The number of nitrogens with zero attached hydrogens (tertiary/aromatic N) is 4. The molecule has 2 rings (SSSR count). The van der Waals surface area contributed by atoms with Crippen LogP contribution in [0, 0.1) is 13.8 Å². The van der Waals surface area contributed by atoms with Crippen LogP contribution in [0.3, 0.4) is 0 Å². The molecule has 0 saturated carbocycles. The molecule has 1 aromatic carbocycles. The number of guanidine groups is 1. The quantitative estimate of drug-likeness (QED) is 0.392. The molecule has 1 N–H and O–H groups in total. The molecule has 0 aliphatic rings. The maximum absolute atomic E-state index is 4.45. The summed E-state index contributed by atoms with van der Waals surface area (Å²) in [6, 6.07) is 8.34. The van der Waals surface area contributed by atoms with Gasteiger partial charge in [-0.05, 0) is 31.5 Å². The molecule has 0 bridgehead atoms. The van der Waals surface area contributed by atoms with Crippen LogP contribution in [0.5, 0.6) is 0 Å². The Morgan fingerprint density at radius 1 is 1.29 bits per heavy atom. The normalized spacial score (nSPS) is 11.2. The second-order valence-corrected chi connectivity index (χ2v) is 6.57. The van der Waals surface area contributed by atoms with Crippen molar-refractivity contribution < 1.29 is 0 Å². The predicted molar refractivity (Wildman–Crippen MR) is 114 cm³/mol. The molecule has 1 heterocycles. The van der Waals surface area contributed by atoms with Crippen molar-refractivity contribution in [2.24, 2.45) is 12.0 Å². The Morgan fingerprint density at radius 2 is 1.92 bits per heavy atom. The van der Waals surface area contributed by atoms with Gasteiger partial charge in [-0.2, -0.15) is 5.10 Å². The Hall–Kier alpha value is -1.09. The molecular formula is C17H25BrIN5. The molecule has 0 radical (unpaired) electrons. The zero-order valence-corrected chi connectivity index (χ0v) is 18.7. The lowest BCUT2D eigenvalue weighted by molar-refractivity contribution is 0.476. The summed E-state index contributed by atoms with van der Waals surface area (Å²) in [6.07, 6.45) is 0. The average molecular weight is 506 g/mol. The van der Waals surface area contributed by atoms with Gasteiger partial charge in [0, 0.05) is 50.0 Å². The van der Waals surface area contributed by atoms with Gasteiger partial charge < -0.3 is 10.2 Å². The van der Waals surface area contributed by atoms with Gasteiger partial charge in [0.05, 0.1) is 5.69 Å². The van der Waals surface area contributed by atoms with Gasteiger partial charge in [0.25, 0.3) is 0 Å². The zero-order chi connectivity index (χ0) is 17.0. The Kier molecular flexibility index (Phi) is 8.21. The van der Waals surface area contributed by atoms with Crippen molar-refractivity contribution in [2.45, 2.75) is 26.9 Å². The second-order valence-electron chi connectivity index (χ2n) is 5.66. The first-order chi connectivity index (χ1) is 10.9. The van der Waals surface area contributed by atoms with Crippen molar-refractivity contribution in [1.82, 2.24) is 20.0 Å². The molecule has 0 amide bonds. The minimum Gasteiger partial charge on any atom is -0.352 e. The van der Waals surface area contributed by atoms with E-state index in [0.29, 0.717) is 0 Å². The summed E-state index contributed by atoms with van der Waals surface area (Å²) in [5.74, 6) is 0.871. The molecule has 0 fully saturated rings. The third kappa shape index (κ3) is 5.20. The van der Waals surface area contributed by atoms with Gasteiger partial charge in [0.2, 0.25) is 0 Å². The highest BCUT2D eigenvalue weighted by Gasteiger charge is 2.12.